The van der Waals surface area contributed by atoms with Crippen LogP contribution in [-0.2, 0) is 0 Å². The Balaban J connectivity index is 1.70. The fourth-order valence-corrected chi connectivity index (χ4v) is 3.84. The van der Waals surface area contributed by atoms with Crippen LogP contribution in [0.1, 0.15) is 73.2 Å². The monoisotopic (exact) mass is 438 g/mol. The molecule has 0 aromatic carbocycles. The lowest BCUT2D eigenvalue weighted by atomic mass is 9.83. The number of nitrogens with one attached hydrogen (secondary N) is 1. The maximum absolute atomic E-state index is 13.7. The summed E-state index contributed by atoms with van der Waals surface area (Å²) in [5, 5.41) is 2.93. The van der Waals surface area contributed by atoms with Crippen molar-refractivity contribution in [1.82, 2.24) is 24.9 Å². The van der Waals surface area contributed by atoms with Crippen molar-refractivity contribution in [3.8, 4) is 11.3 Å². The van der Waals surface area contributed by atoms with Gasteiger partial charge in [-0.15, -0.1) is 0 Å². The van der Waals surface area contributed by atoms with E-state index in [4.69, 9.17) is 0 Å². The van der Waals surface area contributed by atoms with Crippen LogP contribution in [-0.4, -0.2) is 36.7 Å². The predicted octanol–water partition coefficient (Wildman–Crippen LogP) is 5.00. The zero-order valence-electron chi connectivity index (χ0n) is 17.9. The molecule has 32 heavy (non-hydrogen) atoms. The number of amides is 1. The van der Waals surface area contributed by atoms with Crippen molar-refractivity contribution in [2.75, 3.05) is 5.32 Å². The van der Waals surface area contributed by atoms with Crippen LogP contribution in [0, 0.1) is 0 Å². The Bertz CT molecular complexity index is 1080. The Morgan fingerprint density at radius 3 is 2.41 bits per heavy atom. The molecule has 0 aliphatic heterocycles. The van der Waals surface area contributed by atoms with Gasteiger partial charge in [-0.3, -0.25) is 9.78 Å². The summed E-state index contributed by atoms with van der Waals surface area (Å²) in [7, 11) is 0. The fraction of sp³-hybridized carbons (Fsp3) is 0.391. The fourth-order valence-electron chi connectivity index (χ4n) is 3.84. The second kappa shape index (κ2) is 9.02. The maximum Gasteiger partial charge on any atom is 0.258 e. The number of anilines is 1. The molecular weight excluding hydrogens is 414 g/mol. The zero-order valence-corrected chi connectivity index (χ0v) is 17.9. The molecule has 1 aliphatic rings. The summed E-state index contributed by atoms with van der Waals surface area (Å²) in [6, 6.07) is 3.47. The molecule has 3 aromatic rings. The molecule has 1 amide bonds. The van der Waals surface area contributed by atoms with Crippen LogP contribution >= 0.6 is 0 Å². The third kappa shape index (κ3) is 4.76. The smallest absolute Gasteiger partial charge is 0.258 e. The molecule has 1 saturated carbocycles. The molecule has 0 bridgehead atoms. The first-order chi connectivity index (χ1) is 15.3. The van der Waals surface area contributed by atoms with Crippen LogP contribution < -0.4 is 5.32 Å². The van der Waals surface area contributed by atoms with E-state index in [0.717, 1.165) is 0 Å². The van der Waals surface area contributed by atoms with Gasteiger partial charge in [0.05, 0.1) is 22.6 Å². The average molecular weight is 438 g/mol. The highest BCUT2D eigenvalue weighted by molar-refractivity contribution is 6.06. The predicted molar refractivity (Wildman–Crippen MR) is 115 cm³/mol. The van der Waals surface area contributed by atoms with Crippen LogP contribution in [0.2, 0.25) is 0 Å². The van der Waals surface area contributed by atoms with E-state index in [1.165, 1.54) is 18.7 Å². The minimum atomic E-state index is -2.65. The van der Waals surface area contributed by atoms with E-state index in [1.54, 1.807) is 24.5 Å². The molecule has 0 unspecified atom stereocenters. The first-order valence-electron chi connectivity index (χ1n) is 10.6. The van der Waals surface area contributed by atoms with Crippen molar-refractivity contribution in [2.24, 2.45) is 0 Å². The molecule has 1 fully saturated rings. The molecule has 166 valence electrons. The molecule has 0 spiro atoms. The number of halogens is 2. The lowest BCUT2D eigenvalue weighted by Gasteiger charge is -2.29. The molecule has 0 saturated heterocycles. The Morgan fingerprint density at radius 2 is 1.78 bits per heavy atom. The van der Waals surface area contributed by atoms with Crippen LogP contribution in [0.5, 0.6) is 0 Å². The number of pyridine rings is 1. The molecule has 3 heterocycles. The van der Waals surface area contributed by atoms with Crippen molar-refractivity contribution >= 4 is 11.6 Å². The molecule has 0 radical (unpaired) electrons. The zero-order chi connectivity index (χ0) is 22.7. The Labute approximate surface area is 184 Å². The summed E-state index contributed by atoms with van der Waals surface area (Å²) in [4.78, 5) is 34.3. The summed E-state index contributed by atoms with van der Waals surface area (Å²) in [5.74, 6) is -2.45. The minimum absolute atomic E-state index is 0.144. The van der Waals surface area contributed by atoms with E-state index in [0.29, 0.717) is 46.9 Å². The highest BCUT2D eigenvalue weighted by atomic mass is 19.3. The van der Waals surface area contributed by atoms with Gasteiger partial charge >= 0.3 is 0 Å². The molecule has 7 nitrogen and oxygen atoms in total. The second-order valence-electron chi connectivity index (χ2n) is 8.28. The van der Waals surface area contributed by atoms with Gasteiger partial charge in [0, 0.05) is 55.0 Å². The van der Waals surface area contributed by atoms with Gasteiger partial charge in [-0.2, -0.15) is 0 Å². The molecule has 1 aliphatic carbocycles. The Hall–Kier alpha value is -3.36. The van der Waals surface area contributed by atoms with Gasteiger partial charge in [0.25, 0.3) is 5.91 Å². The van der Waals surface area contributed by atoms with E-state index in [1.807, 2.05) is 13.8 Å². The SMILES string of the molecule is CC(C)c1ncc(C(=O)Nc2c(-c3ccncn3)ccnc2C2CCC(F)(F)CC2)cn1. The van der Waals surface area contributed by atoms with E-state index < -0.39 is 11.8 Å². The van der Waals surface area contributed by atoms with Crippen molar-refractivity contribution in [3.63, 3.8) is 0 Å². The van der Waals surface area contributed by atoms with Crippen molar-refractivity contribution in [3.05, 3.63) is 60.3 Å². The van der Waals surface area contributed by atoms with Gasteiger partial charge in [-0.1, -0.05) is 13.8 Å². The molecular formula is C23H24F2N6O. The van der Waals surface area contributed by atoms with E-state index in [2.05, 4.69) is 30.2 Å². The highest BCUT2D eigenvalue weighted by Crippen LogP contribution is 2.44. The van der Waals surface area contributed by atoms with Crippen LogP contribution in [0.4, 0.5) is 14.5 Å². The molecule has 9 heteroatoms. The average Bonchev–Trinajstić information content (AvgIpc) is 2.80. The first kappa shape index (κ1) is 21.9. The lowest BCUT2D eigenvalue weighted by Crippen LogP contribution is -2.25. The minimum Gasteiger partial charge on any atom is -0.320 e. The van der Waals surface area contributed by atoms with Gasteiger partial charge in [0.2, 0.25) is 5.92 Å². The van der Waals surface area contributed by atoms with Crippen LogP contribution in [0.15, 0.2) is 43.2 Å². The molecule has 0 atom stereocenters. The van der Waals surface area contributed by atoms with Gasteiger partial charge in [-0.05, 0) is 25.0 Å². The number of hydrogen-bond acceptors (Lipinski definition) is 6. The van der Waals surface area contributed by atoms with Crippen molar-refractivity contribution in [1.29, 1.82) is 0 Å². The standard InChI is InChI=1S/C23H24F2N6O/c1-14(2)21-28-11-16(12-29-21)22(32)31-20-17(18-6-9-26-13-30-18)5-10-27-19(20)15-3-7-23(24,25)8-4-15/h5-6,9-15H,3-4,7-8H2,1-2H3,(H,31,32). The van der Waals surface area contributed by atoms with Crippen molar-refractivity contribution in [2.45, 2.75) is 57.3 Å². The normalized spacial score (nSPS) is 16.2. The number of hydrogen-bond donors (Lipinski definition) is 1. The number of carbonyl (C=O) groups is 1. The Morgan fingerprint density at radius 1 is 1.06 bits per heavy atom. The number of aromatic nitrogens is 5. The summed E-state index contributed by atoms with van der Waals surface area (Å²) < 4.78 is 27.5. The summed E-state index contributed by atoms with van der Waals surface area (Å²) in [6.07, 6.45) is 7.80. The van der Waals surface area contributed by atoms with E-state index in [-0.39, 0.29) is 24.7 Å². The summed E-state index contributed by atoms with van der Waals surface area (Å²) in [6.45, 7) is 3.94. The van der Waals surface area contributed by atoms with Gasteiger partial charge in [-0.25, -0.2) is 28.7 Å². The second-order valence-corrected chi connectivity index (χ2v) is 8.28. The lowest BCUT2D eigenvalue weighted by molar-refractivity contribution is -0.0384. The first-order valence-corrected chi connectivity index (χ1v) is 10.6. The Kier molecular flexibility index (Phi) is 6.16. The van der Waals surface area contributed by atoms with E-state index >= 15 is 0 Å². The number of alkyl halides is 2. The van der Waals surface area contributed by atoms with Gasteiger partial charge in [0.15, 0.2) is 0 Å². The molecule has 4 rings (SSSR count). The molecule has 3 aromatic heterocycles. The van der Waals surface area contributed by atoms with Crippen LogP contribution in [0.25, 0.3) is 11.3 Å². The maximum atomic E-state index is 13.7. The third-order valence-corrected chi connectivity index (χ3v) is 5.63. The van der Waals surface area contributed by atoms with Crippen LogP contribution in [0.3, 0.4) is 0 Å². The quantitative estimate of drug-likeness (QED) is 0.603. The van der Waals surface area contributed by atoms with E-state index in [9.17, 15) is 13.6 Å². The number of carbonyl (C=O) groups excluding carboxylic acids is 1. The third-order valence-electron chi connectivity index (χ3n) is 5.63. The topological polar surface area (TPSA) is 93.6 Å². The van der Waals surface area contributed by atoms with Crippen molar-refractivity contribution < 1.29 is 13.6 Å². The summed E-state index contributed by atoms with van der Waals surface area (Å²) >= 11 is 0. The van der Waals surface area contributed by atoms with Gasteiger partial charge < -0.3 is 5.32 Å². The molecule has 1 N–H and O–H groups in total. The number of rotatable bonds is 5. The highest BCUT2D eigenvalue weighted by Gasteiger charge is 2.37. The largest absolute Gasteiger partial charge is 0.320 e. The number of nitrogens with zero attached hydrogens (tertiary/aromatic N) is 5. The van der Waals surface area contributed by atoms with Gasteiger partial charge in [0.1, 0.15) is 12.2 Å². The summed E-state index contributed by atoms with van der Waals surface area (Å²) in [5.41, 5.74) is 2.62.